The molecule has 0 saturated heterocycles. The fourth-order valence-electron chi connectivity index (χ4n) is 1.78. The van der Waals surface area contributed by atoms with Crippen molar-refractivity contribution in [3.63, 3.8) is 0 Å². The number of benzene rings is 1. The van der Waals surface area contributed by atoms with Gasteiger partial charge in [-0.05, 0) is 18.9 Å². The third-order valence-corrected chi connectivity index (χ3v) is 2.63. The maximum absolute atomic E-state index is 11.2. The van der Waals surface area contributed by atoms with Crippen molar-refractivity contribution in [1.29, 1.82) is 0 Å². The van der Waals surface area contributed by atoms with Crippen LogP contribution in [-0.2, 0) is 9.53 Å². The molecule has 15 heavy (non-hydrogen) atoms. The molecule has 1 aliphatic rings. The Morgan fingerprint density at radius 2 is 1.93 bits per heavy atom. The molecule has 0 spiro atoms. The van der Waals surface area contributed by atoms with Gasteiger partial charge in [0.1, 0.15) is 6.10 Å². The molecule has 0 aliphatic carbocycles. The van der Waals surface area contributed by atoms with Crippen molar-refractivity contribution in [3.05, 3.63) is 41.5 Å². The van der Waals surface area contributed by atoms with Crippen LogP contribution in [0.4, 0.5) is 0 Å². The minimum Gasteiger partial charge on any atom is -0.454 e. The molecule has 1 aromatic carbocycles. The summed E-state index contributed by atoms with van der Waals surface area (Å²) >= 11 is 0. The van der Waals surface area contributed by atoms with E-state index >= 15 is 0 Å². The first-order valence-corrected chi connectivity index (χ1v) is 5.20. The Bertz CT molecular complexity index is 401. The third-order valence-electron chi connectivity index (χ3n) is 2.63. The predicted molar refractivity (Wildman–Crippen MR) is 59.3 cm³/mol. The maximum atomic E-state index is 11.2. The number of hydrogen-bond acceptors (Lipinski definition) is 2. The van der Waals surface area contributed by atoms with E-state index in [1.165, 1.54) is 5.56 Å². The third kappa shape index (κ3) is 1.94. The Morgan fingerprint density at radius 3 is 2.53 bits per heavy atom. The number of carbonyl (C=O) groups is 1. The van der Waals surface area contributed by atoms with Crippen LogP contribution in [0.1, 0.15) is 24.5 Å². The molecule has 2 heteroatoms. The van der Waals surface area contributed by atoms with Crippen molar-refractivity contribution in [2.75, 3.05) is 0 Å². The summed E-state index contributed by atoms with van der Waals surface area (Å²) in [6.45, 7) is 4.07. The van der Waals surface area contributed by atoms with Crippen LogP contribution >= 0.6 is 0 Å². The van der Waals surface area contributed by atoms with Crippen LogP contribution in [0, 0.1) is 6.92 Å². The second-order valence-electron chi connectivity index (χ2n) is 3.80. The van der Waals surface area contributed by atoms with Crippen LogP contribution in [0.25, 0.3) is 5.57 Å². The van der Waals surface area contributed by atoms with Gasteiger partial charge in [-0.15, -0.1) is 0 Å². The van der Waals surface area contributed by atoms with E-state index in [2.05, 4.69) is 0 Å². The largest absolute Gasteiger partial charge is 0.454 e. The summed E-state index contributed by atoms with van der Waals surface area (Å²) in [5, 5.41) is 0. The average molecular weight is 202 g/mol. The zero-order valence-electron chi connectivity index (χ0n) is 8.99. The summed E-state index contributed by atoms with van der Waals surface area (Å²) < 4.78 is 5.18. The molecule has 0 bridgehead atoms. The van der Waals surface area contributed by atoms with Crippen molar-refractivity contribution in [2.45, 2.75) is 26.4 Å². The Hall–Kier alpha value is -1.57. The molecule has 1 aliphatic heterocycles. The van der Waals surface area contributed by atoms with Gasteiger partial charge in [0.2, 0.25) is 0 Å². The molecular formula is C13H14O2. The van der Waals surface area contributed by atoms with Crippen molar-refractivity contribution in [2.24, 2.45) is 0 Å². The summed E-state index contributed by atoms with van der Waals surface area (Å²) in [6.07, 6.45) is 2.35. The monoisotopic (exact) mass is 202 g/mol. The van der Waals surface area contributed by atoms with E-state index in [0.717, 1.165) is 17.6 Å². The molecule has 2 nitrogen and oxygen atoms in total. The van der Waals surface area contributed by atoms with Gasteiger partial charge in [0.25, 0.3) is 0 Å². The van der Waals surface area contributed by atoms with Gasteiger partial charge in [0.15, 0.2) is 0 Å². The fourth-order valence-corrected chi connectivity index (χ4v) is 1.78. The summed E-state index contributed by atoms with van der Waals surface area (Å²) in [5.74, 6) is -0.225. The van der Waals surface area contributed by atoms with Crippen molar-refractivity contribution < 1.29 is 9.53 Å². The molecule has 0 N–H and O–H groups in total. The summed E-state index contributed by atoms with van der Waals surface area (Å²) in [5.41, 5.74) is 3.30. The average Bonchev–Trinajstić information content (AvgIpc) is 2.61. The van der Waals surface area contributed by atoms with Crippen LogP contribution in [0.5, 0.6) is 0 Å². The molecule has 0 aromatic heterocycles. The quantitative estimate of drug-likeness (QED) is 0.689. The maximum Gasteiger partial charge on any atom is 0.331 e. The van der Waals surface area contributed by atoms with Crippen LogP contribution < -0.4 is 0 Å². The summed E-state index contributed by atoms with van der Waals surface area (Å²) in [4.78, 5) is 11.2. The van der Waals surface area contributed by atoms with E-state index in [1.807, 2.05) is 38.1 Å². The molecule has 0 fully saturated rings. The highest BCUT2D eigenvalue weighted by molar-refractivity contribution is 5.97. The van der Waals surface area contributed by atoms with Crippen molar-refractivity contribution >= 4 is 11.5 Å². The van der Waals surface area contributed by atoms with Crippen LogP contribution in [0.15, 0.2) is 30.3 Å². The van der Waals surface area contributed by atoms with E-state index in [9.17, 15) is 4.79 Å². The number of hydrogen-bond donors (Lipinski definition) is 0. The van der Waals surface area contributed by atoms with E-state index in [-0.39, 0.29) is 12.1 Å². The highest BCUT2D eigenvalue weighted by Crippen LogP contribution is 2.28. The summed E-state index contributed by atoms with van der Waals surface area (Å²) in [6, 6.07) is 8.16. The minimum absolute atomic E-state index is 0.0693. The van der Waals surface area contributed by atoms with Gasteiger partial charge in [0, 0.05) is 11.6 Å². The number of aryl methyl sites for hydroxylation is 1. The Morgan fingerprint density at radius 1 is 1.27 bits per heavy atom. The standard InChI is InChI=1S/C13H14O2/c1-3-12-11(8-13(14)15-12)10-6-4-9(2)5-7-10/h4-8,12H,3H2,1-2H3. The molecular weight excluding hydrogens is 188 g/mol. The molecule has 0 radical (unpaired) electrons. The molecule has 0 amide bonds. The van der Waals surface area contributed by atoms with Crippen molar-refractivity contribution in [3.8, 4) is 0 Å². The van der Waals surface area contributed by atoms with E-state index in [1.54, 1.807) is 6.08 Å². The number of ether oxygens (including phenoxy) is 1. The zero-order valence-corrected chi connectivity index (χ0v) is 8.99. The normalized spacial score (nSPS) is 20.0. The van der Waals surface area contributed by atoms with Gasteiger partial charge in [0.05, 0.1) is 0 Å². The minimum atomic E-state index is -0.225. The van der Waals surface area contributed by atoms with Crippen molar-refractivity contribution in [1.82, 2.24) is 0 Å². The highest BCUT2D eigenvalue weighted by Gasteiger charge is 2.25. The van der Waals surface area contributed by atoms with Crippen LogP contribution in [0.3, 0.4) is 0 Å². The van der Waals surface area contributed by atoms with Gasteiger partial charge in [-0.2, -0.15) is 0 Å². The Labute approximate surface area is 89.6 Å². The fraction of sp³-hybridized carbons (Fsp3) is 0.308. The van der Waals surface area contributed by atoms with Gasteiger partial charge < -0.3 is 4.74 Å². The van der Waals surface area contributed by atoms with Crippen LogP contribution in [-0.4, -0.2) is 12.1 Å². The SMILES string of the molecule is CCC1OC(=O)C=C1c1ccc(C)cc1. The molecule has 1 aromatic rings. The van der Waals surface area contributed by atoms with Gasteiger partial charge in [-0.1, -0.05) is 36.8 Å². The second kappa shape index (κ2) is 3.89. The predicted octanol–water partition coefficient (Wildman–Crippen LogP) is 2.71. The van der Waals surface area contributed by atoms with Crippen LogP contribution in [0.2, 0.25) is 0 Å². The number of carbonyl (C=O) groups excluding carboxylic acids is 1. The lowest BCUT2D eigenvalue weighted by Gasteiger charge is -2.11. The lowest BCUT2D eigenvalue weighted by molar-refractivity contribution is -0.138. The van der Waals surface area contributed by atoms with Gasteiger partial charge in [-0.25, -0.2) is 4.79 Å². The first kappa shape index (κ1) is 9.97. The van der Waals surface area contributed by atoms with Gasteiger partial charge >= 0.3 is 5.97 Å². The zero-order chi connectivity index (χ0) is 10.8. The van der Waals surface area contributed by atoms with Gasteiger partial charge in [-0.3, -0.25) is 0 Å². The topological polar surface area (TPSA) is 26.3 Å². The molecule has 1 heterocycles. The van der Waals surface area contributed by atoms with E-state index < -0.39 is 0 Å². The van der Waals surface area contributed by atoms with E-state index in [0.29, 0.717) is 0 Å². The first-order chi connectivity index (χ1) is 7.20. The number of esters is 1. The summed E-state index contributed by atoms with van der Waals surface area (Å²) in [7, 11) is 0. The molecule has 2 rings (SSSR count). The molecule has 1 atom stereocenters. The molecule has 78 valence electrons. The molecule has 0 saturated carbocycles. The first-order valence-electron chi connectivity index (χ1n) is 5.20. The Kier molecular flexibility index (Phi) is 2.58. The lowest BCUT2D eigenvalue weighted by atomic mass is 9.99. The lowest BCUT2D eigenvalue weighted by Crippen LogP contribution is -2.09. The Balaban J connectivity index is 2.33. The number of cyclic esters (lactones) is 1. The highest BCUT2D eigenvalue weighted by atomic mass is 16.5. The van der Waals surface area contributed by atoms with E-state index in [4.69, 9.17) is 4.74 Å². The molecule has 1 unspecified atom stereocenters. The smallest absolute Gasteiger partial charge is 0.331 e. The second-order valence-corrected chi connectivity index (χ2v) is 3.80. The number of rotatable bonds is 2.